The molecule has 4 heteroatoms. The van der Waals surface area contributed by atoms with Gasteiger partial charge in [0.25, 0.3) is 0 Å². The SMILES string of the molecule is c1ccc(-n2c(-c3cccc4c3sc3ccccc34)nc3c4ccccc4ncc32)cc1. The fourth-order valence-corrected chi connectivity index (χ4v) is 5.82. The standard InChI is InChI=1S/C28H17N3S/c1-2-9-18(10-3-1)31-24-17-29-23-15-6-4-12-21(23)26(24)30-28(31)22-14-8-13-20-19-11-5-7-16-25(19)32-27(20)22/h1-17H. The van der Waals surface area contributed by atoms with E-state index in [0.717, 1.165) is 39.0 Å². The van der Waals surface area contributed by atoms with Crippen LogP contribution >= 0.6 is 11.3 Å². The summed E-state index contributed by atoms with van der Waals surface area (Å²) in [5, 5.41) is 3.64. The molecule has 0 aliphatic rings. The molecule has 7 rings (SSSR count). The van der Waals surface area contributed by atoms with Crippen LogP contribution < -0.4 is 0 Å². The van der Waals surface area contributed by atoms with Crippen molar-refractivity contribution in [2.24, 2.45) is 0 Å². The summed E-state index contributed by atoms with van der Waals surface area (Å²) in [6.45, 7) is 0. The monoisotopic (exact) mass is 427 g/mol. The van der Waals surface area contributed by atoms with E-state index >= 15 is 0 Å². The molecule has 0 spiro atoms. The van der Waals surface area contributed by atoms with Gasteiger partial charge in [0.05, 0.1) is 17.2 Å². The number of hydrogen-bond donors (Lipinski definition) is 0. The zero-order chi connectivity index (χ0) is 21.1. The van der Waals surface area contributed by atoms with Crippen LogP contribution in [0.3, 0.4) is 0 Å². The number of hydrogen-bond acceptors (Lipinski definition) is 3. The number of fused-ring (bicyclic) bond motifs is 6. The Hall–Kier alpha value is -4.02. The van der Waals surface area contributed by atoms with Gasteiger partial charge in [0.15, 0.2) is 0 Å². The largest absolute Gasteiger partial charge is 0.291 e. The summed E-state index contributed by atoms with van der Waals surface area (Å²) in [4.78, 5) is 9.98. The zero-order valence-electron chi connectivity index (χ0n) is 17.1. The number of imidazole rings is 1. The van der Waals surface area contributed by atoms with Crippen LogP contribution in [0.15, 0.2) is 103 Å². The molecule has 7 aromatic rings. The number of para-hydroxylation sites is 2. The predicted octanol–water partition coefficient (Wildman–Crippen LogP) is 7.61. The minimum atomic E-state index is 0.946. The molecule has 0 radical (unpaired) electrons. The summed E-state index contributed by atoms with van der Waals surface area (Å²) < 4.78 is 4.80. The highest BCUT2D eigenvalue weighted by molar-refractivity contribution is 7.26. The van der Waals surface area contributed by atoms with E-state index in [1.54, 1.807) is 0 Å². The fraction of sp³-hybridized carbons (Fsp3) is 0. The molecule has 150 valence electrons. The highest BCUT2D eigenvalue weighted by Gasteiger charge is 2.19. The molecule has 0 saturated carbocycles. The van der Waals surface area contributed by atoms with Crippen LogP contribution in [-0.4, -0.2) is 14.5 Å². The average Bonchev–Trinajstić information content (AvgIpc) is 3.43. The van der Waals surface area contributed by atoms with E-state index in [1.807, 2.05) is 35.7 Å². The van der Waals surface area contributed by atoms with E-state index in [1.165, 1.54) is 20.2 Å². The van der Waals surface area contributed by atoms with Crippen LogP contribution in [0.1, 0.15) is 0 Å². The zero-order valence-corrected chi connectivity index (χ0v) is 17.9. The van der Waals surface area contributed by atoms with E-state index in [2.05, 4.69) is 83.4 Å². The molecular weight excluding hydrogens is 410 g/mol. The third-order valence-corrected chi connectivity index (χ3v) is 7.28. The van der Waals surface area contributed by atoms with Crippen LogP contribution in [0.25, 0.3) is 59.2 Å². The highest BCUT2D eigenvalue weighted by atomic mass is 32.1. The van der Waals surface area contributed by atoms with Crippen molar-refractivity contribution in [1.82, 2.24) is 14.5 Å². The average molecular weight is 428 g/mol. The predicted molar refractivity (Wildman–Crippen MR) is 135 cm³/mol. The smallest absolute Gasteiger partial charge is 0.147 e. The van der Waals surface area contributed by atoms with Gasteiger partial charge in [0.1, 0.15) is 11.3 Å². The van der Waals surface area contributed by atoms with Gasteiger partial charge in [0, 0.05) is 36.8 Å². The summed E-state index contributed by atoms with van der Waals surface area (Å²) >= 11 is 1.83. The van der Waals surface area contributed by atoms with E-state index in [0.29, 0.717) is 0 Å². The minimum Gasteiger partial charge on any atom is -0.291 e. The Morgan fingerprint density at radius 1 is 0.656 bits per heavy atom. The molecule has 3 aromatic heterocycles. The maximum atomic E-state index is 5.24. The summed E-state index contributed by atoms with van der Waals surface area (Å²) in [6, 6.07) is 33.8. The summed E-state index contributed by atoms with van der Waals surface area (Å²) in [5.74, 6) is 0.946. The normalized spacial score (nSPS) is 11.8. The molecule has 0 unspecified atom stereocenters. The number of nitrogens with zero attached hydrogens (tertiary/aromatic N) is 3. The molecule has 0 amide bonds. The first-order chi connectivity index (χ1) is 15.9. The molecule has 0 aliphatic heterocycles. The molecule has 0 fully saturated rings. The van der Waals surface area contributed by atoms with Gasteiger partial charge in [-0.15, -0.1) is 11.3 Å². The minimum absolute atomic E-state index is 0.946. The lowest BCUT2D eigenvalue weighted by atomic mass is 10.1. The fourth-order valence-electron chi connectivity index (χ4n) is 4.61. The van der Waals surface area contributed by atoms with Crippen molar-refractivity contribution in [3.8, 4) is 17.1 Å². The lowest BCUT2D eigenvalue weighted by Gasteiger charge is -2.10. The van der Waals surface area contributed by atoms with Crippen molar-refractivity contribution in [3.63, 3.8) is 0 Å². The van der Waals surface area contributed by atoms with Crippen LogP contribution in [0, 0.1) is 0 Å². The van der Waals surface area contributed by atoms with Gasteiger partial charge >= 0.3 is 0 Å². The molecule has 32 heavy (non-hydrogen) atoms. The molecule has 0 bridgehead atoms. The number of benzene rings is 4. The molecule has 0 atom stereocenters. The Balaban J connectivity index is 1.65. The summed E-state index contributed by atoms with van der Waals surface area (Å²) in [6.07, 6.45) is 1.95. The van der Waals surface area contributed by atoms with Crippen molar-refractivity contribution in [2.75, 3.05) is 0 Å². The number of pyridine rings is 1. The van der Waals surface area contributed by atoms with Gasteiger partial charge < -0.3 is 0 Å². The second-order valence-electron chi connectivity index (χ2n) is 7.90. The number of rotatable bonds is 2. The van der Waals surface area contributed by atoms with Gasteiger partial charge in [-0.1, -0.05) is 66.7 Å². The third-order valence-electron chi connectivity index (χ3n) is 6.06. The summed E-state index contributed by atoms with van der Waals surface area (Å²) in [7, 11) is 0. The van der Waals surface area contributed by atoms with Crippen LogP contribution in [-0.2, 0) is 0 Å². The lowest BCUT2D eigenvalue weighted by molar-refractivity contribution is 1.10. The lowest BCUT2D eigenvalue weighted by Crippen LogP contribution is -1.97. The topological polar surface area (TPSA) is 30.7 Å². The quantitative estimate of drug-likeness (QED) is 0.284. The van der Waals surface area contributed by atoms with Crippen LogP contribution in [0.4, 0.5) is 0 Å². The van der Waals surface area contributed by atoms with E-state index in [9.17, 15) is 0 Å². The van der Waals surface area contributed by atoms with Gasteiger partial charge in [-0.3, -0.25) is 9.55 Å². The van der Waals surface area contributed by atoms with Crippen LogP contribution in [0.2, 0.25) is 0 Å². The van der Waals surface area contributed by atoms with E-state index in [-0.39, 0.29) is 0 Å². The third kappa shape index (κ3) is 2.47. The Labute approximate surface area is 188 Å². The number of thiophene rings is 1. The van der Waals surface area contributed by atoms with Crippen molar-refractivity contribution in [2.45, 2.75) is 0 Å². The second kappa shape index (κ2) is 6.74. The first-order valence-corrected chi connectivity index (χ1v) is 11.4. The Bertz CT molecular complexity index is 1780. The molecular formula is C28H17N3S. The molecule has 0 saturated heterocycles. The first-order valence-electron chi connectivity index (χ1n) is 10.6. The first kappa shape index (κ1) is 17.6. The van der Waals surface area contributed by atoms with Crippen molar-refractivity contribution in [1.29, 1.82) is 0 Å². The highest BCUT2D eigenvalue weighted by Crippen LogP contribution is 2.41. The maximum absolute atomic E-state index is 5.24. The van der Waals surface area contributed by atoms with E-state index in [4.69, 9.17) is 9.97 Å². The van der Waals surface area contributed by atoms with Crippen molar-refractivity contribution in [3.05, 3.63) is 103 Å². The van der Waals surface area contributed by atoms with Gasteiger partial charge in [-0.25, -0.2) is 4.98 Å². The van der Waals surface area contributed by atoms with E-state index < -0.39 is 0 Å². The maximum Gasteiger partial charge on any atom is 0.147 e. The Kier molecular flexibility index (Phi) is 3.72. The van der Waals surface area contributed by atoms with Crippen molar-refractivity contribution >= 4 is 53.4 Å². The summed E-state index contributed by atoms with van der Waals surface area (Å²) in [5.41, 5.74) is 5.19. The van der Waals surface area contributed by atoms with Crippen LogP contribution in [0.5, 0.6) is 0 Å². The van der Waals surface area contributed by atoms with Gasteiger partial charge in [-0.05, 0) is 30.3 Å². The molecule has 0 aliphatic carbocycles. The Morgan fingerprint density at radius 3 is 2.31 bits per heavy atom. The number of aromatic nitrogens is 3. The van der Waals surface area contributed by atoms with Gasteiger partial charge in [-0.2, -0.15) is 0 Å². The molecule has 3 heterocycles. The molecule has 3 nitrogen and oxygen atoms in total. The Morgan fingerprint density at radius 2 is 1.41 bits per heavy atom. The molecule has 0 N–H and O–H groups in total. The second-order valence-corrected chi connectivity index (χ2v) is 8.95. The molecule has 4 aromatic carbocycles. The van der Waals surface area contributed by atoms with Crippen molar-refractivity contribution < 1.29 is 0 Å². The van der Waals surface area contributed by atoms with Gasteiger partial charge in [0.2, 0.25) is 0 Å².